The maximum Gasteiger partial charge on any atom is 0.271 e. The number of hydrogen-bond acceptors (Lipinski definition) is 4. The summed E-state index contributed by atoms with van der Waals surface area (Å²) in [5.74, 6) is -2.80. The molecule has 38 heavy (non-hydrogen) atoms. The van der Waals surface area contributed by atoms with Crippen molar-refractivity contribution < 1.29 is 22.3 Å². The molecule has 2 aromatic heterocycles. The van der Waals surface area contributed by atoms with Crippen molar-refractivity contribution >= 4 is 32.3 Å². The zero-order valence-corrected chi connectivity index (χ0v) is 21.4. The summed E-state index contributed by atoms with van der Waals surface area (Å²) in [5, 5.41) is 8.68. The predicted molar refractivity (Wildman–Crippen MR) is 143 cm³/mol. The Labute approximate surface area is 220 Å². The molecule has 1 N–H and O–H groups in total. The zero-order chi connectivity index (χ0) is 26.4. The van der Waals surface area contributed by atoms with Crippen molar-refractivity contribution in [3.63, 3.8) is 0 Å². The van der Waals surface area contributed by atoms with Crippen LogP contribution < -0.4 is 4.74 Å². The quantitative estimate of drug-likeness (QED) is 0.204. The van der Waals surface area contributed by atoms with E-state index in [0.717, 1.165) is 65.6 Å². The molecule has 1 fully saturated rings. The van der Waals surface area contributed by atoms with E-state index in [4.69, 9.17) is 4.74 Å². The van der Waals surface area contributed by atoms with Crippen LogP contribution in [0.1, 0.15) is 18.1 Å². The van der Waals surface area contributed by atoms with Gasteiger partial charge in [0.05, 0.1) is 23.3 Å². The number of H-pyrrole nitrogens is 1. The number of aromatic amines is 1. The number of thiophene rings is 1. The van der Waals surface area contributed by atoms with Crippen LogP contribution in [0.15, 0.2) is 60.8 Å². The number of fused-ring (bicyclic) bond motifs is 3. The largest absolute Gasteiger partial charge is 0.455 e. The standard InChI is InChI=1S/C29H25F4N3OS/c1-29(32,33)24-12-19(31)4-7-21(24)28-26(22-8-9-25-23(14-34-35-25)27(22)38-28)37-20-5-2-17(3-6-20)10-11-36-15-18(13-30)16-36/h2-9,12,14,18H,10-11,13,15-16H2,1H3,(H,34,35). The van der Waals surface area contributed by atoms with E-state index in [1.807, 2.05) is 36.4 Å². The molecular formula is C29H25F4N3OS. The van der Waals surface area contributed by atoms with Crippen LogP contribution in [-0.4, -0.2) is 41.4 Å². The maximum atomic E-state index is 14.6. The third-order valence-corrected chi connectivity index (χ3v) is 8.29. The molecule has 0 atom stereocenters. The number of halogens is 4. The first kappa shape index (κ1) is 24.9. The lowest BCUT2D eigenvalue weighted by Crippen LogP contribution is -2.48. The van der Waals surface area contributed by atoms with Crippen molar-refractivity contribution in [2.24, 2.45) is 5.92 Å². The highest BCUT2D eigenvalue weighted by Gasteiger charge is 2.31. The lowest BCUT2D eigenvalue weighted by Gasteiger charge is -2.37. The topological polar surface area (TPSA) is 41.1 Å². The van der Waals surface area contributed by atoms with Gasteiger partial charge in [-0.2, -0.15) is 5.10 Å². The van der Waals surface area contributed by atoms with Crippen molar-refractivity contribution in [2.75, 3.05) is 26.3 Å². The van der Waals surface area contributed by atoms with Gasteiger partial charge < -0.3 is 9.64 Å². The van der Waals surface area contributed by atoms with Gasteiger partial charge in [-0.1, -0.05) is 18.2 Å². The van der Waals surface area contributed by atoms with Crippen LogP contribution in [-0.2, 0) is 12.3 Å². The molecule has 1 saturated heterocycles. The van der Waals surface area contributed by atoms with Crippen molar-refractivity contribution in [3.05, 3.63) is 77.7 Å². The van der Waals surface area contributed by atoms with Gasteiger partial charge in [0.15, 0.2) is 5.75 Å². The number of benzene rings is 3. The van der Waals surface area contributed by atoms with Gasteiger partial charge in [-0.15, -0.1) is 11.3 Å². The van der Waals surface area contributed by atoms with Crippen molar-refractivity contribution in [1.29, 1.82) is 0 Å². The molecule has 3 heterocycles. The lowest BCUT2D eigenvalue weighted by atomic mass is 10.00. The van der Waals surface area contributed by atoms with Gasteiger partial charge in [-0.3, -0.25) is 9.49 Å². The van der Waals surface area contributed by atoms with E-state index in [1.165, 1.54) is 23.5 Å². The third kappa shape index (κ3) is 4.65. The molecule has 1 aliphatic heterocycles. The molecule has 196 valence electrons. The highest BCUT2D eigenvalue weighted by atomic mass is 32.1. The van der Waals surface area contributed by atoms with E-state index >= 15 is 0 Å². The first-order chi connectivity index (χ1) is 18.3. The molecule has 0 unspecified atom stereocenters. The van der Waals surface area contributed by atoms with Crippen LogP contribution in [0.2, 0.25) is 0 Å². The molecule has 0 amide bonds. The first-order valence-electron chi connectivity index (χ1n) is 12.4. The Morgan fingerprint density at radius 3 is 2.61 bits per heavy atom. The molecule has 3 aromatic carbocycles. The molecule has 5 aromatic rings. The van der Waals surface area contributed by atoms with Crippen LogP contribution in [0.4, 0.5) is 17.6 Å². The van der Waals surface area contributed by atoms with Crippen LogP contribution in [0.25, 0.3) is 31.4 Å². The first-order valence-corrected chi connectivity index (χ1v) is 13.2. The monoisotopic (exact) mass is 539 g/mol. The molecular weight excluding hydrogens is 514 g/mol. The summed E-state index contributed by atoms with van der Waals surface area (Å²) >= 11 is 1.32. The Morgan fingerprint density at radius 2 is 1.87 bits per heavy atom. The summed E-state index contributed by atoms with van der Waals surface area (Å²) in [7, 11) is 0. The summed E-state index contributed by atoms with van der Waals surface area (Å²) in [6, 6.07) is 14.9. The van der Waals surface area contributed by atoms with Gasteiger partial charge >= 0.3 is 0 Å². The van der Waals surface area contributed by atoms with Gasteiger partial charge in [-0.25, -0.2) is 13.2 Å². The minimum absolute atomic E-state index is 0.165. The number of ether oxygens (including phenoxy) is 1. The number of hydrogen-bond donors (Lipinski definition) is 1. The molecule has 0 aliphatic carbocycles. The number of nitrogens with one attached hydrogen (secondary N) is 1. The van der Waals surface area contributed by atoms with E-state index in [-0.39, 0.29) is 18.2 Å². The van der Waals surface area contributed by atoms with Gasteiger partial charge in [0.25, 0.3) is 5.92 Å². The van der Waals surface area contributed by atoms with Crippen LogP contribution in [0.5, 0.6) is 11.5 Å². The average Bonchev–Trinajstić information content (AvgIpc) is 3.48. The molecule has 0 bridgehead atoms. The number of alkyl halides is 3. The second kappa shape index (κ2) is 9.71. The predicted octanol–water partition coefficient (Wildman–Crippen LogP) is 7.93. The van der Waals surface area contributed by atoms with Crippen LogP contribution in [0, 0.1) is 11.7 Å². The Hall–Kier alpha value is -3.43. The number of likely N-dealkylation sites (tertiary alicyclic amines) is 1. The second-order valence-corrected chi connectivity index (χ2v) is 10.9. The fourth-order valence-electron chi connectivity index (χ4n) is 4.99. The summed E-state index contributed by atoms with van der Waals surface area (Å²) in [5.41, 5.74) is 1.78. The van der Waals surface area contributed by atoms with Crippen molar-refractivity contribution in [1.82, 2.24) is 15.1 Å². The molecule has 1 aliphatic rings. The fraction of sp³-hybridized carbons (Fsp3) is 0.276. The minimum atomic E-state index is -3.25. The number of nitrogens with zero attached hydrogens (tertiary/aromatic N) is 2. The summed E-state index contributed by atoms with van der Waals surface area (Å²) in [4.78, 5) is 2.73. The van der Waals surface area contributed by atoms with Gasteiger partial charge in [0.1, 0.15) is 11.6 Å². The Morgan fingerprint density at radius 1 is 1.08 bits per heavy atom. The van der Waals surface area contributed by atoms with Gasteiger partial charge in [0, 0.05) is 59.1 Å². The molecule has 9 heteroatoms. The normalized spacial score (nSPS) is 14.9. The van der Waals surface area contributed by atoms with E-state index < -0.39 is 17.3 Å². The number of rotatable bonds is 8. The van der Waals surface area contributed by atoms with Crippen LogP contribution in [0.3, 0.4) is 0 Å². The lowest BCUT2D eigenvalue weighted by molar-refractivity contribution is 0.0178. The Kier molecular flexibility index (Phi) is 6.36. The third-order valence-electron chi connectivity index (χ3n) is 7.04. The zero-order valence-electron chi connectivity index (χ0n) is 20.6. The van der Waals surface area contributed by atoms with E-state index in [9.17, 15) is 17.6 Å². The van der Waals surface area contributed by atoms with Crippen molar-refractivity contribution in [3.8, 4) is 21.9 Å². The number of aromatic nitrogens is 2. The minimum Gasteiger partial charge on any atom is -0.455 e. The molecule has 0 spiro atoms. The molecule has 0 radical (unpaired) electrons. The summed E-state index contributed by atoms with van der Waals surface area (Å²) in [6.45, 7) is 2.98. The van der Waals surface area contributed by atoms with Crippen LogP contribution >= 0.6 is 11.3 Å². The summed E-state index contributed by atoms with van der Waals surface area (Å²) in [6.07, 6.45) is 2.54. The highest BCUT2D eigenvalue weighted by Crippen LogP contribution is 2.50. The Bertz CT molecular complexity index is 1600. The fourth-order valence-corrected chi connectivity index (χ4v) is 6.27. The van der Waals surface area contributed by atoms with E-state index in [0.29, 0.717) is 16.4 Å². The molecule has 0 saturated carbocycles. The van der Waals surface area contributed by atoms with Gasteiger partial charge in [0.2, 0.25) is 0 Å². The maximum absolute atomic E-state index is 14.6. The smallest absolute Gasteiger partial charge is 0.271 e. The van der Waals surface area contributed by atoms with E-state index in [1.54, 1.807) is 6.20 Å². The second-order valence-electron chi connectivity index (χ2n) is 9.89. The highest BCUT2D eigenvalue weighted by molar-refractivity contribution is 7.23. The van der Waals surface area contributed by atoms with E-state index in [2.05, 4.69) is 15.1 Å². The van der Waals surface area contributed by atoms with Gasteiger partial charge in [-0.05, 0) is 48.4 Å². The average molecular weight is 540 g/mol. The van der Waals surface area contributed by atoms with Crippen molar-refractivity contribution in [2.45, 2.75) is 19.3 Å². The SMILES string of the molecule is CC(F)(F)c1cc(F)ccc1-c1sc2c(ccc3[nH]ncc32)c1Oc1ccc(CCN2CC(CF)C2)cc1. The summed E-state index contributed by atoms with van der Waals surface area (Å²) < 4.78 is 63.1. The molecule has 4 nitrogen and oxygen atoms in total. The molecule has 6 rings (SSSR count). The Balaban J connectivity index is 1.36.